The monoisotopic (exact) mass is 339 g/mol. The van der Waals surface area contributed by atoms with Crippen LogP contribution in [0.5, 0.6) is 0 Å². The molecule has 0 radical (unpaired) electrons. The highest BCUT2D eigenvalue weighted by Gasteiger charge is 2.19. The summed E-state index contributed by atoms with van der Waals surface area (Å²) in [6.07, 6.45) is 2.60. The number of benzene rings is 1. The molecule has 2 rings (SSSR count). The maximum Gasteiger partial charge on any atom is 0.0508 e. The van der Waals surface area contributed by atoms with Crippen LogP contribution in [0.25, 0.3) is 0 Å². The number of hydrogen-bond acceptors (Lipinski definition) is 3. The van der Waals surface area contributed by atoms with E-state index in [0.29, 0.717) is 0 Å². The van der Waals surface area contributed by atoms with E-state index in [0.717, 1.165) is 16.9 Å². The van der Waals surface area contributed by atoms with Gasteiger partial charge in [-0.2, -0.15) is 0 Å². The molecule has 0 bridgehead atoms. The second-order valence-corrected chi connectivity index (χ2v) is 6.98. The number of piperidine rings is 1. The first-order valence-electron chi connectivity index (χ1n) is 7.42. The van der Waals surface area contributed by atoms with Crippen molar-refractivity contribution in [3.63, 3.8) is 0 Å². The van der Waals surface area contributed by atoms with E-state index in [-0.39, 0.29) is 6.04 Å². The lowest BCUT2D eigenvalue weighted by Gasteiger charge is -2.32. The molecule has 0 amide bonds. The lowest BCUT2D eigenvalue weighted by Crippen LogP contribution is -2.35. The Morgan fingerprint density at radius 3 is 2.60 bits per heavy atom. The van der Waals surface area contributed by atoms with Crippen molar-refractivity contribution in [3.05, 3.63) is 28.2 Å². The summed E-state index contributed by atoms with van der Waals surface area (Å²) in [7, 11) is 4.40. The van der Waals surface area contributed by atoms with Crippen molar-refractivity contribution in [2.45, 2.75) is 25.8 Å². The molecule has 112 valence electrons. The molecule has 1 aromatic carbocycles. The largest absolute Gasteiger partial charge is 0.373 e. The zero-order chi connectivity index (χ0) is 14.7. The third-order valence-corrected chi connectivity index (χ3v) is 4.91. The Morgan fingerprint density at radius 1 is 1.40 bits per heavy atom. The van der Waals surface area contributed by atoms with Gasteiger partial charge in [0.2, 0.25) is 0 Å². The van der Waals surface area contributed by atoms with Gasteiger partial charge < -0.3 is 15.5 Å². The lowest BCUT2D eigenvalue weighted by atomic mass is 9.96. The van der Waals surface area contributed by atoms with Crippen LogP contribution in [0.2, 0.25) is 0 Å². The van der Waals surface area contributed by atoms with Crippen LogP contribution < -0.4 is 10.6 Å². The minimum atomic E-state index is 0.0829. The zero-order valence-electron chi connectivity index (χ0n) is 12.8. The van der Waals surface area contributed by atoms with Crippen LogP contribution in [-0.2, 0) is 0 Å². The van der Waals surface area contributed by atoms with E-state index in [9.17, 15) is 0 Å². The van der Waals surface area contributed by atoms with Gasteiger partial charge in [-0.25, -0.2) is 0 Å². The number of halogens is 1. The number of nitrogens with zero attached hydrogens (tertiary/aromatic N) is 2. The number of hydrogen-bond donors (Lipinski definition) is 1. The average Bonchev–Trinajstić information content (AvgIpc) is 2.41. The summed E-state index contributed by atoms with van der Waals surface area (Å²) in [5.74, 6) is 0.802. The molecule has 0 aliphatic carbocycles. The van der Waals surface area contributed by atoms with E-state index in [4.69, 9.17) is 5.73 Å². The summed E-state index contributed by atoms with van der Waals surface area (Å²) in [6, 6.07) is 6.54. The fraction of sp³-hybridized carbons (Fsp3) is 0.625. The van der Waals surface area contributed by atoms with Crippen molar-refractivity contribution in [1.29, 1.82) is 0 Å². The SMILES string of the molecule is C[C@H](N)c1ccc(N(C)CC2CCN(C)CC2)c(Br)c1. The number of rotatable bonds is 4. The summed E-state index contributed by atoms with van der Waals surface area (Å²) in [6.45, 7) is 5.60. The molecule has 1 atom stereocenters. The Morgan fingerprint density at radius 2 is 2.05 bits per heavy atom. The summed E-state index contributed by atoms with van der Waals surface area (Å²) in [4.78, 5) is 4.79. The Bertz CT molecular complexity index is 439. The summed E-state index contributed by atoms with van der Waals surface area (Å²) in [5.41, 5.74) is 8.36. The fourth-order valence-corrected chi connectivity index (χ4v) is 3.55. The molecule has 0 aromatic heterocycles. The third-order valence-electron chi connectivity index (χ3n) is 4.28. The summed E-state index contributed by atoms with van der Waals surface area (Å²) >= 11 is 3.68. The standard InChI is InChI=1S/C16H26BrN3/c1-12(18)14-4-5-16(15(17)10-14)20(3)11-13-6-8-19(2)9-7-13/h4-5,10,12-13H,6-9,11,18H2,1-3H3/t12-/m0/s1. The highest BCUT2D eigenvalue weighted by molar-refractivity contribution is 9.10. The molecule has 1 aliphatic rings. The lowest BCUT2D eigenvalue weighted by molar-refractivity contribution is 0.222. The summed E-state index contributed by atoms with van der Waals surface area (Å²) < 4.78 is 1.14. The molecule has 1 aromatic rings. The first-order valence-corrected chi connectivity index (χ1v) is 8.21. The molecule has 0 saturated carbocycles. The van der Waals surface area contributed by atoms with Gasteiger partial charge in [-0.05, 0) is 79.4 Å². The molecular weight excluding hydrogens is 314 g/mol. The highest BCUT2D eigenvalue weighted by atomic mass is 79.9. The zero-order valence-corrected chi connectivity index (χ0v) is 14.4. The van der Waals surface area contributed by atoms with Crippen LogP contribution in [0.4, 0.5) is 5.69 Å². The molecule has 3 nitrogen and oxygen atoms in total. The molecule has 1 aliphatic heterocycles. The van der Waals surface area contributed by atoms with Crippen LogP contribution in [-0.4, -0.2) is 38.6 Å². The third kappa shape index (κ3) is 3.96. The predicted octanol–water partition coefficient (Wildman–Crippen LogP) is 3.25. The Kier molecular flexibility index (Phi) is 5.47. The first kappa shape index (κ1) is 15.8. The molecule has 1 saturated heterocycles. The van der Waals surface area contributed by atoms with E-state index in [1.807, 2.05) is 6.92 Å². The first-order chi connectivity index (χ1) is 9.47. The molecular formula is C16H26BrN3. The quantitative estimate of drug-likeness (QED) is 0.913. The molecule has 1 fully saturated rings. The van der Waals surface area contributed by atoms with Crippen molar-refractivity contribution in [2.75, 3.05) is 38.6 Å². The van der Waals surface area contributed by atoms with Crippen LogP contribution >= 0.6 is 15.9 Å². The van der Waals surface area contributed by atoms with Gasteiger partial charge in [0.25, 0.3) is 0 Å². The fourth-order valence-electron chi connectivity index (χ4n) is 2.85. The van der Waals surface area contributed by atoms with Gasteiger partial charge in [0.15, 0.2) is 0 Å². The van der Waals surface area contributed by atoms with Crippen LogP contribution in [0.1, 0.15) is 31.4 Å². The predicted molar refractivity (Wildman–Crippen MR) is 90.2 cm³/mol. The topological polar surface area (TPSA) is 32.5 Å². The Labute approximate surface area is 131 Å². The van der Waals surface area contributed by atoms with Crippen molar-refractivity contribution >= 4 is 21.6 Å². The second kappa shape index (κ2) is 6.92. The molecule has 0 unspecified atom stereocenters. The van der Waals surface area contributed by atoms with Gasteiger partial charge in [-0.1, -0.05) is 6.07 Å². The van der Waals surface area contributed by atoms with Crippen molar-refractivity contribution in [1.82, 2.24) is 4.90 Å². The van der Waals surface area contributed by atoms with Crippen LogP contribution in [0.15, 0.2) is 22.7 Å². The number of anilines is 1. The van der Waals surface area contributed by atoms with Gasteiger partial charge in [0, 0.05) is 24.1 Å². The van der Waals surface area contributed by atoms with Crippen LogP contribution in [0, 0.1) is 5.92 Å². The molecule has 2 N–H and O–H groups in total. The maximum absolute atomic E-state index is 5.93. The average molecular weight is 340 g/mol. The van der Waals surface area contributed by atoms with Crippen LogP contribution in [0.3, 0.4) is 0 Å². The number of likely N-dealkylation sites (tertiary alicyclic amines) is 1. The molecule has 4 heteroatoms. The Balaban J connectivity index is 2.00. The van der Waals surface area contributed by atoms with E-state index in [2.05, 4.69) is 58.0 Å². The van der Waals surface area contributed by atoms with Crippen molar-refractivity contribution in [2.24, 2.45) is 11.7 Å². The minimum absolute atomic E-state index is 0.0829. The second-order valence-electron chi connectivity index (χ2n) is 6.13. The smallest absolute Gasteiger partial charge is 0.0508 e. The van der Waals surface area contributed by atoms with Crippen molar-refractivity contribution in [3.8, 4) is 0 Å². The van der Waals surface area contributed by atoms with E-state index < -0.39 is 0 Å². The highest BCUT2D eigenvalue weighted by Crippen LogP contribution is 2.29. The van der Waals surface area contributed by atoms with Gasteiger partial charge in [-0.3, -0.25) is 0 Å². The molecule has 20 heavy (non-hydrogen) atoms. The van der Waals surface area contributed by atoms with Gasteiger partial charge in [0.1, 0.15) is 0 Å². The molecule has 1 heterocycles. The normalized spacial score (nSPS) is 19.1. The molecule has 0 spiro atoms. The van der Waals surface area contributed by atoms with E-state index in [1.165, 1.54) is 37.2 Å². The van der Waals surface area contributed by atoms with Gasteiger partial charge in [-0.15, -0.1) is 0 Å². The van der Waals surface area contributed by atoms with E-state index in [1.54, 1.807) is 0 Å². The Hall–Kier alpha value is -0.580. The minimum Gasteiger partial charge on any atom is -0.373 e. The maximum atomic E-state index is 5.93. The van der Waals surface area contributed by atoms with Gasteiger partial charge in [0.05, 0.1) is 5.69 Å². The van der Waals surface area contributed by atoms with Gasteiger partial charge >= 0.3 is 0 Å². The summed E-state index contributed by atoms with van der Waals surface area (Å²) in [5, 5.41) is 0. The van der Waals surface area contributed by atoms with Crippen molar-refractivity contribution < 1.29 is 0 Å². The number of nitrogens with two attached hydrogens (primary N) is 1. The van der Waals surface area contributed by atoms with E-state index >= 15 is 0 Å².